The molecular weight excluding hydrogens is 320 g/mol. The van der Waals surface area contributed by atoms with Crippen LogP contribution >= 0.6 is 15.9 Å². The lowest BCUT2D eigenvalue weighted by molar-refractivity contribution is -0.137. The topological polar surface area (TPSA) is 85.3 Å². The smallest absolute Gasteiger partial charge is 0.305 e. The van der Waals surface area contributed by atoms with Gasteiger partial charge in [-0.2, -0.15) is 0 Å². The van der Waals surface area contributed by atoms with Crippen molar-refractivity contribution in [2.45, 2.75) is 31.6 Å². The fourth-order valence-electron chi connectivity index (χ4n) is 1.31. The van der Waals surface area contributed by atoms with Crippen molar-refractivity contribution >= 4 is 33.3 Å². The molecule has 0 saturated heterocycles. The van der Waals surface area contributed by atoms with Crippen LogP contribution in [0.3, 0.4) is 0 Å². The molecule has 0 aromatic carbocycles. The largest absolute Gasteiger partial charge is 0.598 e. The molecule has 1 aromatic rings. The summed E-state index contributed by atoms with van der Waals surface area (Å²) in [6, 6.07) is 2.94. The summed E-state index contributed by atoms with van der Waals surface area (Å²) in [5, 5.41) is 8.82. The molecule has 0 radical (unpaired) electrons. The monoisotopic (exact) mass is 334 g/mol. The predicted octanol–water partition coefficient (Wildman–Crippen LogP) is 2.02. The van der Waals surface area contributed by atoms with Crippen molar-refractivity contribution in [2.24, 2.45) is 0 Å². The first-order chi connectivity index (χ1) is 8.40. The summed E-state index contributed by atoms with van der Waals surface area (Å²) >= 11 is 1.96. The number of rotatable bonds is 6. The Hall–Kier alpha value is -0.630. The molecule has 0 fully saturated rings. The molecule has 2 atom stereocenters. The van der Waals surface area contributed by atoms with Crippen LogP contribution in [0.25, 0.3) is 0 Å². The van der Waals surface area contributed by atoms with Gasteiger partial charge in [0.25, 0.3) is 0 Å². The minimum atomic E-state index is -1.27. The van der Waals surface area contributed by atoms with Crippen LogP contribution in [0.15, 0.2) is 22.9 Å². The first kappa shape index (κ1) is 15.4. The van der Waals surface area contributed by atoms with Crippen LogP contribution in [-0.2, 0) is 16.2 Å². The van der Waals surface area contributed by atoms with Crippen LogP contribution in [0.2, 0.25) is 0 Å². The van der Waals surface area contributed by atoms with E-state index in [2.05, 4.69) is 25.6 Å². The van der Waals surface area contributed by atoms with E-state index in [1.165, 1.54) is 0 Å². The summed E-state index contributed by atoms with van der Waals surface area (Å²) < 4.78 is 15.2. The van der Waals surface area contributed by atoms with Gasteiger partial charge in [-0.15, -0.1) is 4.72 Å². The zero-order chi connectivity index (χ0) is 13.7. The maximum atomic E-state index is 11.8. The second-order valence-corrected chi connectivity index (χ2v) is 6.61. The zero-order valence-electron chi connectivity index (χ0n) is 10.1. The lowest BCUT2D eigenvalue weighted by atomic mass is 10.1. The van der Waals surface area contributed by atoms with E-state index < -0.39 is 23.4 Å². The molecule has 1 rings (SSSR count). The van der Waals surface area contributed by atoms with Gasteiger partial charge < -0.3 is 9.66 Å². The van der Waals surface area contributed by atoms with Gasteiger partial charge in [0.1, 0.15) is 9.85 Å². The minimum Gasteiger partial charge on any atom is -0.598 e. The van der Waals surface area contributed by atoms with Gasteiger partial charge in [0.05, 0.1) is 12.5 Å². The van der Waals surface area contributed by atoms with E-state index in [1.54, 1.807) is 18.3 Å². The standard InChI is InChI=1S/C11H15BrN2O3S/c1-7(2)18(17)14-9(6-11(15)16)8-3-4-13-10(12)5-8/h3-5,7,9,14H,6H2,1-2H3,(H,15,16)/t9-,18+/m0/s1. The average Bonchev–Trinajstić information content (AvgIpc) is 2.27. The van der Waals surface area contributed by atoms with Crippen LogP contribution in [0, 0.1) is 0 Å². The molecule has 18 heavy (non-hydrogen) atoms. The number of carboxylic acids is 1. The second kappa shape index (κ2) is 7.08. The van der Waals surface area contributed by atoms with E-state index >= 15 is 0 Å². The van der Waals surface area contributed by atoms with Crippen molar-refractivity contribution in [1.82, 2.24) is 9.71 Å². The fraction of sp³-hybridized carbons (Fsp3) is 0.455. The summed E-state index contributed by atoms with van der Waals surface area (Å²) in [4.78, 5) is 14.8. The highest BCUT2D eigenvalue weighted by Crippen LogP contribution is 2.21. The Balaban J connectivity index is 2.87. The molecule has 0 aliphatic heterocycles. The summed E-state index contributed by atoms with van der Waals surface area (Å²) in [6.45, 7) is 3.62. The van der Waals surface area contributed by atoms with Crippen molar-refractivity contribution in [1.29, 1.82) is 0 Å². The van der Waals surface area contributed by atoms with Crippen LogP contribution in [0.1, 0.15) is 31.9 Å². The molecule has 7 heteroatoms. The Morgan fingerprint density at radius 1 is 1.67 bits per heavy atom. The van der Waals surface area contributed by atoms with Gasteiger partial charge in [-0.25, -0.2) is 4.98 Å². The minimum absolute atomic E-state index is 0.0772. The van der Waals surface area contributed by atoms with Crippen molar-refractivity contribution < 1.29 is 14.5 Å². The number of aliphatic carboxylic acids is 1. The SMILES string of the molecule is CC(C)[S@@+]([O-])N[C@@H](CC(=O)O)c1ccnc(Br)c1. The Bertz CT molecular complexity index is 417. The molecule has 0 saturated carbocycles. The van der Waals surface area contributed by atoms with Gasteiger partial charge in [0.15, 0.2) is 0 Å². The lowest BCUT2D eigenvalue weighted by Crippen LogP contribution is -2.35. The molecule has 0 aliphatic rings. The number of carbonyl (C=O) groups is 1. The van der Waals surface area contributed by atoms with Crippen molar-refractivity contribution in [3.05, 3.63) is 28.5 Å². The number of pyridine rings is 1. The van der Waals surface area contributed by atoms with Crippen LogP contribution in [-0.4, -0.2) is 25.9 Å². The third-order valence-electron chi connectivity index (χ3n) is 2.22. The highest BCUT2D eigenvalue weighted by molar-refractivity contribution is 9.10. The molecule has 0 amide bonds. The third kappa shape index (κ3) is 4.93. The number of carboxylic acid groups (broad SMARTS) is 1. The van der Waals surface area contributed by atoms with E-state index in [9.17, 15) is 9.35 Å². The first-order valence-electron chi connectivity index (χ1n) is 5.40. The molecule has 0 spiro atoms. The molecule has 0 bridgehead atoms. The second-order valence-electron chi connectivity index (χ2n) is 4.03. The molecule has 0 aliphatic carbocycles. The van der Waals surface area contributed by atoms with Gasteiger partial charge in [-0.1, -0.05) is 0 Å². The predicted molar refractivity (Wildman–Crippen MR) is 73.3 cm³/mol. The van der Waals surface area contributed by atoms with E-state index in [0.717, 1.165) is 5.56 Å². The van der Waals surface area contributed by atoms with Crippen LogP contribution < -0.4 is 4.72 Å². The molecule has 5 nitrogen and oxygen atoms in total. The summed E-state index contributed by atoms with van der Waals surface area (Å²) in [7, 11) is 0. The molecule has 2 N–H and O–H groups in total. The van der Waals surface area contributed by atoms with Gasteiger partial charge in [-0.3, -0.25) is 4.79 Å². The first-order valence-corrected chi connectivity index (χ1v) is 7.40. The van der Waals surface area contributed by atoms with E-state index in [1.807, 2.05) is 13.8 Å². The van der Waals surface area contributed by atoms with Crippen molar-refractivity contribution in [2.75, 3.05) is 0 Å². The summed E-state index contributed by atoms with van der Waals surface area (Å²) in [5.74, 6) is -0.943. The number of hydrogen-bond acceptors (Lipinski definition) is 4. The molecule has 1 heterocycles. The average molecular weight is 335 g/mol. The van der Waals surface area contributed by atoms with Gasteiger partial charge in [-0.05, 0) is 47.5 Å². The van der Waals surface area contributed by atoms with E-state index in [-0.39, 0.29) is 11.7 Å². The summed E-state index contributed by atoms with van der Waals surface area (Å²) in [5.41, 5.74) is 0.744. The quantitative estimate of drug-likeness (QED) is 0.614. The Morgan fingerprint density at radius 2 is 2.33 bits per heavy atom. The summed E-state index contributed by atoms with van der Waals surface area (Å²) in [6.07, 6.45) is 1.45. The maximum absolute atomic E-state index is 11.8. The highest BCUT2D eigenvalue weighted by Gasteiger charge is 2.23. The number of hydrogen-bond donors (Lipinski definition) is 2. The maximum Gasteiger partial charge on any atom is 0.305 e. The Labute approximate surface area is 117 Å². The number of aromatic nitrogens is 1. The van der Waals surface area contributed by atoms with Gasteiger partial charge >= 0.3 is 5.97 Å². The number of nitrogens with zero attached hydrogens (tertiary/aromatic N) is 1. The van der Waals surface area contributed by atoms with Crippen LogP contribution in [0.5, 0.6) is 0 Å². The Kier molecular flexibility index (Phi) is 6.07. The fourth-order valence-corrected chi connectivity index (χ4v) is 2.47. The molecule has 0 unspecified atom stereocenters. The molecule has 1 aromatic heterocycles. The van der Waals surface area contributed by atoms with E-state index in [0.29, 0.717) is 4.60 Å². The lowest BCUT2D eigenvalue weighted by Gasteiger charge is -2.21. The van der Waals surface area contributed by atoms with Crippen molar-refractivity contribution in [3.8, 4) is 0 Å². The third-order valence-corrected chi connectivity index (χ3v) is 4.03. The van der Waals surface area contributed by atoms with Crippen LogP contribution in [0.4, 0.5) is 0 Å². The number of nitrogens with one attached hydrogen (secondary N) is 1. The highest BCUT2D eigenvalue weighted by atomic mass is 79.9. The van der Waals surface area contributed by atoms with Crippen molar-refractivity contribution in [3.63, 3.8) is 0 Å². The Morgan fingerprint density at radius 3 is 2.83 bits per heavy atom. The molecule has 100 valence electrons. The normalized spacial score (nSPS) is 14.5. The van der Waals surface area contributed by atoms with Gasteiger partial charge in [0.2, 0.25) is 0 Å². The number of halogens is 1. The zero-order valence-corrected chi connectivity index (χ0v) is 12.5. The van der Waals surface area contributed by atoms with Gasteiger partial charge in [0, 0.05) is 17.6 Å². The van der Waals surface area contributed by atoms with E-state index in [4.69, 9.17) is 5.11 Å². The molecular formula is C11H15BrN2O3S.